The molecule has 2 nitrogen and oxygen atoms in total. The molecule has 1 aliphatic heterocycles. The van der Waals surface area contributed by atoms with Crippen LogP contribution in [0.4, 0.5) is 0 Å². The number of hydrogen-bond acceptors (Lipinski definition) is 3. The standard InChI is InChI=1S/C17H21BrN2S/c1-13-7-8-16(21-13)17(14-5-2-3-6-15(14)18)20-11-4-9-19-10-12-20/h2-3,5-8,17,19H,4,9-12H2,1H3. The van der Waals surface area contributed by atoms with Crippen LogP contribution < -0.4 is 5.32 Å². The molecule has 21 heavy (non-hydrogen) atoms. The molecule has 0 saturated carbocycles. The van der Waals surface area contributed by atoms with Crippen LogP contribution in [0.25, 0.3) is 0 Å². The zero-order valence-electron chi connectivity index (χ0n) is 12.3. The molecule has 2 aromatic rings. The van der Waals surface area contributed by atoms with E-state index in [0.717, 1.165) is 26.2 Å². The summed E-state index contributed by atoms with van der Waals surface area (Å²) in [5.41, 5.74) is 1.38. The van der Waals surface area contributed by atoms with Gasteiger partial charge in [0.25, 0.3) is 0 Å². The van der Waals surface area contributed by atoms with Crippen molar-refractivity contribution < 1.29 is 0 Å². The van der Waals surface area contributed by atoms with Gasteiger partial charge in [0.1, 0.15) is 0 Å². The minimum absolute atomic E-state index is 0.360. The summed E-state index contributed by atoms with van der Waals surface area (Å²) in [4.78, 5) is 5.45. The van der Waals surface area contributed by atoms with E-state index < -0.39 is 0 Å². The Morgan fingerprint density at radius 2 is 2.00 bits per heavy atom. The average molecular weight is 365 g/mol. The summed E-state index contributed by atoms with van der Waals surface area (Å²) < 4.78 is 1.21. The lowest BCUT2D eigenvalue weighted by Gasteiger charge is -2.30. The fraction of sp³-hybridized carbons (Fsp3) is 0.412. The molecule has 1 N–H and O–H groups in total. The highest BCUT2D eigenvalue weighted by atomic mass is 79.9. The molecule has 1 saturated heterocycles. The Balaban J connectivity index is 2.00. The van der Waals surface area contributed by atoms with Crippen molar-refractivity contribution in [3.63, 3.8) is 0 Å². The van der Waals surface area contributed by atoms with Crippen molar-refractivity contribution in [2.45, 2.75) is 19.4 Å². The van der Waals surface area contributed by atoms with Crippen LogP contribution in [-0.4, -0.2) is 31.1 Å². The molecule has 0 aliphatic carbocycles. The first-order chi connectivity index (χ1) is 10.3. The van der Waals surface area contributed by atoms with Crippen LogP contribution in [0.5, 0.6) is 0 Å². The molecular weight excluding hydrogens is 344 g/mol. The monoisotopic (exact) mass is 364 g/mol. The Labute approximate surface area is 139 Å². The van der Waals surface area contributed by atoms with Gasteiger partial charge in [0.05, 0.1) is 6.04 Å². The third-order valence-corrected chi connectivity index (χ3v) is 5.75. The maximum atomic E-state index is 3.75. The van der Waals surface area contributed by atoms with Gasteiger partial charge in [-0.15, -0.1) is 11.3 Å². The second kappa shape index (κ2) is 7.05. The molecular formula is C17H21BrN2S. The highest BCUT2D eigenvalue weighted by molar-refractivity contribution is 9.10. The van der Waals surface area contributed by atoms with E-state index in [1.165, 1.54) is 26.2 Å². The summed E-state index contributed by atoms with van der Waals surface area (Å²) >= 11 is 5.67. The first-order valence-corrected chi connectivity index (χ1v) is 9.12. The summed E-state index contributed by atoms with van der Waals surface area (Å²) in [6.07, 6.45) is 1.21. The van der Waals surface area contributed by atoms with E-state index in [2.05, 4.69) is 69.5 Å². The largest absolute Gasteiger partial charge is 0.315 e. The molecule has 0 radical (unpaired) electrons. The number of halogens is 1. The van der Waals surface area contributed by atoms with Crippen molar-refractivity contribution in [2.75, 3.05) is 26.2 Å². The van der Waals surface area contributed by atoms with Gasteiger partial charge in [0, 0.05) is 33.9 Å². The Kier molecular flexibility index (Phi) is 5.11. The highest BCUT2D eigenvalue weighted by Gasteiger charge is 2.25. The maximum Gasteiger partial charge on any atom is 0.0707 e. The van der Waals surface area contributed by atoms with Crippen molar-refractivity contribution in [2.24, 2.45) is 0 Å². The molecule has 1 atom stereocenters. The van der Waals surface area contributed by atoms with Gasteiger partial charge in [-0.3, -0.25) is 4.90 Å². The van der Waals surface area contributed by atoms with E-state index in [9.17, 15) is 0 Å². The molecule has 112 valence electrons. The van der Waals surface area contributed by atoms with Crippen LogP contribution in [0.1, 0.15) is 27.8 Å². The number of benzene rings is 1. The highest BCUT2D eigenvalue weighted by Crippen LogP contribution is 2.36. The summed E-state index contributed by atoms with van der Waals surface area (Å²) in [7, 11) is 0. The van der Waals surface area contributed by atoms with E-state index in [1.54, 1.807) is 0 Å². The zero-order chi connectivity index (χ0) is 14.7. The molecule has 0 bridgehead atoms. The quantitative estimate of drug-likeness (QED) is 0.877. The third-order valence-electron chi connectivity index (χ3n) is 3.97. The second-order valence-electron chi connectivity index (χ2n) is 5.51. The number of rotatable bonds is 3. The predicted molar refractivity (Wildman–Crippen MR) is 94.1 cm³/mol. The van der Waals surface area contributed by atoms with Crippen LogP contribution in [0.2, 0.25) is 0 Å². The van der Waals surface area contributed by atoms with Gasteiger partial charge in [0.15, 0.2) is 0 Å². The molecule has 1 aliphatic rings. The third kappa shape index (κ3) is 3.57. The minimum atomic E-state index is 0.360. The van der Waals surface area contributed by atoms with Crippen LogP contribution in [0, 0.1) is 6.92 Å². The molecule has 3 rings (SSSR count). The number of thiophene rings is 1. The fourth-order valence-electron chi connectivity index (χ4n) is 2.95. The van der Waals surface area contributed by atoms with E-state index in [1.807, 2.05) is 11.3 Å². The lowest BCUT2D eigenvalue weighted by atomic mass is 10.0. The molecule has 4 heteroatoms. The molecule has 0 amide bonds. The van der Waals surface area contributed by atoms with E-state index >= 15 is 0 Å². The average Bonchev–Trinajstić information content (AvgIpc) is 2.74. The number of hydrogen-bond donors (Lipinski definition) is 1. The molecule has 2 heterocycles. The SMILES string of the molecule is Cc1ccc(C(c2ccccc2Br)N2CCCNCC2)s1. The Morgan fingerprint density at radius 3 is 2.76 bits per heavy atom. The Bertz CT molecular complexity index is 588. The van der Waals surface area contributed by atoms with Gasteiger partial charge in [-0.2, -0.15) is 0 Å². The van der Waals surface area contributed by atoms with E-state index in [-0.39, 0.29) is 0 Å². The lowest BCUT2D eigenvalue weighted by molar-refractivity contribution is 0.243. The minimum Gasteiger partial charge on any atom is -0.315 e. The van der Waals surface area contributed by atoms with Crippen molar-refractivity contribution in [1.29, 1.82) is 0 Å². The number of nitrogens with zero attached hydrogens (tertiary/aromatic N) is 1. The summed E-state index contributed by atoms with van der Waals surface area (Å²) in [6, 6.07) is 13.5. The summed E-state index contributed by atoms with van der Waals surface area (Å²) in [5.74, 6) is 0. The van der Waals surface area contributed by atoms with Crippen molar-refractivity contribution in [1.82, 2.24) is 10.2 Å². The number of nitrogens with one attached hydrogen (secondary N) is 1. The smallest absolute Gasteiger partial charge is 0.0707 e. The van der Waals surface area contributed by atoms with Gasteiger partial charge in [-0.05, 0) is 43.7 Å². The van der Waals surface area contributed by atoms with Gasteiger partial charge in [-0.25, -0.2) is 0 Å². The van der Waals surface area contributed by atoms with Gasteiger partial charge >= 0.3 is 0 Å². The van der Waals surface area contributed by atoms with Gasteiger partial charge in [-0.1, -0.05) is 34.1 Å². The van der Waals surface area contributed by atoms with Crippen molar-refractivity contribution in [3.8, 4) is 0 Å². The maximum absolute atomic E-state index is 3.75. The van der Waals surface area contributed by atoms with E-state index in [0.29, 0.717) is 6.04 Å². The molecule has 1 unspecified atom stereocenters. The normalized spacial score (nSPS) is 18.4. The topological polar surface area (TPSA) is 15.3 Å². The second-order valence-corrected chi connectivity index (χ2v) is 7.69. The lowest BCUT2D eigenvalue weighted by Crippen LogP contribution is -2.32. The first-order valence-electron chi connectivity index (χ1n) is 7.51. The molecule has 1 aromatic heterocycles. The fourth-order valence-corrected chi connectivity index (χ4v) is 4.49. The van der Waals surface area contributed by atoms with Crippen molar-refractivity contribution in [3.05, 3.63) is 56.2 Å². The van der Waals surface area contributed by atoms with Crippen LogP contribution in [-0.2, 0) is 0 Å². The number of aryl methyl sites for hydroxylation is 1. The molecule has 0 spiro atoms. The Hall–Kier alpha value is -0.680. The van der Waals surface area contributed by atoms with Crippen LogP contribution in [0.15, 0.2) is 40.9 Å². The first kappa shape index (κ1) is 15.2. The zero-order valence-corrected chi connectivity index (χ0v) is 14.7. The Morgan fingerprint density at radius 1 is 1.14 bits per heavy atom. The summed E-state index contributed by atoms with van der Waals surface area (Å²) in [6.45, 7) is 6.64. The van der Waals surface area contributed by atoms with Crippen LogP contribution in [0.3, 0.4) is 0 Å². The molecule has 1 fully saturated rings. The van der Waals surface area contributed by atoms with E-state index in [4.69, 9.17) is 0 Å². The summed E-state index contributed by atoms with van der Waals surface area (Å²) in [5, 5.41) is 3.50. The van der Waals surface area contributed by atoms with Gasteiger partial charge in [0.2, 0.25) is 0 Å². The van der Waals surface area contributed by atoms with Gasteiger partial charge < -0.3 is 5.32 Å². The molecule has 1 aromatic carbocycles. The van der Waals surface area contributed by atoms with Crippen molar-refractivity contribution >= 4 is 27.3 Å². The predicted octanol–water partition coefficient (Wildman–Crippen LogP) is 4.20. The van der Waals surface area contributed by atoms with Crippen LogP contribution >= 0.6 is 27.3 Å².